The van der Waals surface area contributed by atoms with Gasteiger partial charge in [-0.25, -0.2) is 4.85 Å². The maximum atomic E-state index is 9.52. The predicted molar refractivity (Wildman–Crippen MR) is 120 cm³/mol. The van der Waals surface area contributed by atoms with E-state index in [-0.39, 0.29) is 0 Å². The first kappa shape index (κ1) is 17.7. The summed E-state index contributed by atoms with van der Waals surface area (Å²) in [5.41, 5.74) is 8.89. The van der Waals surface area contributed by atoms with E-state index < -0.39 is 0 Å². The summed E-state index contributed by atoms with van der Waals surface area (Å²) in [5.74, 6) is 0. The lowest BCUT2D eigenvalue weighted by Gasteiger charge is -2.33. The Kier molecular flexibility index (Phi) is 4.28. The van der Waals surface area contributed by atoms with Gasteiger partial charge in [-0.2, -0.15) is 5.26 Å². The molecule has 0 aromatic heterocycles. The number of fused-ring (bicyclic) bond motifs is 2. The molecule has 0 saturated heterocycles. The van der Waals surface area contributed by atoms with E-state index in [0.717, 1.165) is 23.2 Å². The van der Waals surface area contributed by atoms with Crippen LogP contribution in [0.5, 0.6) is 0 Å². The van der Waals surface area contributed by atoms with Crippen LogP contribution < -0.4 is 4.90 Å². The lowest BCUT2D eigenvalue weighted by molar-refractivity contribution is 1.09. The van der Waals surface area contributed by atoms with Crippen LogP contribution in [0.15, 0.2) is 91.0 Å². The first-order valence-corrected chi connectivity index (χ1v) is 9.76. The highest BCUT2D eigenvalue weighted by Crippen LogP contribution is 2.43. The van der Waals surface area contributed by atoms with Crippen molar-refractivity contribution in [1.82, 2.24) is 0 Å². The van der Waals surface area contributed by atoms with Crippen LogP contribution >= 0.6 is 0 Å². The third kappa shape index (κ3) is 2.91. The molecular weight excluding hydrogens is 366 g/mol. The molecule has 1 aliphatic rings. The summed E-state index contributed by atoms with van der Waals surface area (Å²) < 4.78 is 0. The molecule has 4 aromatic rings. The van der Waals surface area contributed by atoms with E-state index >= 15 is 0 Å². The molecule has 0 spiro atoms. The van der Waals surface area contributed by atoms with Gasteiger partial charge in [0, 0.05) is 29.0 Å². The molecule has 30 heavy (non-hydrogen) atoms. The van der Waals surface area contributed by atoms with Crippen LogP contribution in [0.1, 0.15) is 16.7 Å². The first-order chi connectivity index (χ1) is 14.8. The maximum absolute atomic E-state index is 9.52. The van der Waals surface area contributed by atoms with Crippen LogP contribution in [0.25, 0.3) is 16.0 Å². The zero-order valence-electron chi connectivity index (χ0n) is 16.2. The molecule has 0 radical (unpaired) electrons. The van der Waals surface area contributed by atoms with Gasteiger partial charge in [0.1, 0.15) is 0 Å². The summed E-state index contributed by atoms with van der Waals surface area (Å²) in [6.07, 6.45) is 0.930. The highest BCUT2D eigenvalue weighted by Gasteiger charge is 2.23. The quantitative estimate of drug-likeness (QED) is 0.303. The predicted octanol–water partition coefficient (Wildman–Crippen LogP) is 7.15. The maximum Gasteiger partial charge on any atom is 0.188 e. The minimum atomic E-state index is 0.480. The molecule has 5 rings (SSSR count). The van der Waals surface area contributed by atoms with Gasteiger partial charge in [0.2, 0.25) is 0 Å². The molecule has 0 N–H and O–H groups in total. The summed E-state index contributed by atoms with van der Waals surface area (Å²) in [4.78, 5) is 5.72. The Hall–Kier alpha value is -4.34. The van der Waals surface area contributed by atoms with Gasteiger partial charge in [0.15, 0.2) is 5.69 Å². The third-order valence-corrected chi connectivity index (χ3v) is 5.54. The van der Waals surface area contributed by atoms with Crippen molar-refractivity contribution in [3.8, 4) is 17.2 Å². The fourth-order valence-electron chi connectivity index (χ4n) is 4.11. The normalized spacial score (nSPS) is 11.7. The molecule has 0 amide bonds. The largest absolute Gasteiger partial charge is 0.310 e. The van der Waals surface area contributed by atoms with Crippen molar-refractivity contribution in [2.45, 2.75) is 6.42 Å². The zero-order valence-corrected chi connectivity index (χ0v) is 16.2. The number of hydrogen-bond donors (Lipinski definition) is 0. The Balaban J connectivity index is 1.60. The molecular formula is C27H17N3. The molecule has 0 unspecified atom stereocenters. The van der Waals surface area contributed by atoms with Crippen LogP contribution in [-0.4, -0.2) is 0 Å². The minimum Gasteiger partial charge on any atom is -0.310 e. The summed E-state index contributed by atoms with van der Waals surface area (Å²) in [6, 6.07) is 32.8. The Labute approximate surface area is 175 Å². The number of rotatable bonds is 2. The van der Waals surface area contributed by atoms with Crippen LogP contribution in [0.3, 0.4) is 0 Å². The van der Waals surface area contributed by atoms with Crippen molar-refractivity contribution in [2.24, 2.45) is 0 Å². The fourth-order valence-corrected chi connectivity index (χ4v) is 4.11. The van der Waals surface area contributed by atoms with Crippen LogP contribution in [0.4, 0.5) is 22.7 Å². The summed E-state index contributed by atoms with van der Waals surface area (Å²) >= 11 is 0. The van der Waals surface area contributed by atoms with Crippen molar-refractivity contribution >= 4 is 22.7 Å². The van der Waals surface area contributed by atoms with Crippen molar-refractivity contribution in [3.05, 3.63) is 119 Å². The van der Waals surface area contributed by atoms with Gasteiger partial charge in [0.05, 0.1) is 12.6 Å². The van der Waals surface area contributed by atoms with Gasteiger partial charge in [-0.3, -0.25) is 0 Å². The second kappa shape index (κ2) is 7.24. The van der Waals surface area contributed by atoms with Crippen molar-refractivity contribution in [3.63, 3.8) is 0 Å². The SMILES string of the molecule is [C-]#[N+]c1ccc(-c2ccc(N3c4ccccc4Cc4ccccc43)cc2)c(C#N)c1. The van der Waals surface area contributed by atoms with Crippen LogP contribution in [0, 0.1) is 17.9 Å². The second-order valence-corrected chi connectivity index (χ2v) is 7.27. The van der Waals surface area contributed by atoms with Crippen molar-refractivity contribution in [2.75, 3.05) is 4.90 Å². The molecule has 0 atom stereocenters. The standard InChI is InChI=1S/C27H17N3/c1-29-23-12-15-25(22(17-23)18-28)19-10-13-24(14-11-19)30-26-8-4-2-6-20(26)16-21-7-3-5-9-27(21)30/h2-15,17H,16H2. The van der Waals surface area contributed by atoms with Gasteiger partial charge in [0.25, 0.3) is 0 Å². The van der Waals surface area contributed by atoms with E-state index in [4.69, 9.17) is 6.57 Å². The van der Waals surface area contributed by atoms with E-state index in [2.05, 4.69) is 76.5 Å². The second-order valence-electron chi connectivity index (χ2n) is 7.27. The number of nitriles is 1. The van der Waals surface area contributed by atoms with Crippen molar-refractivity contribution < 1.29 is 0 Å². The minimum absolute atomic E-state index is 0.480. The van der Waals surface area contributed by atoms with E-state index in [0.29, 0.717) is 11.3 Å². The lowest BCUT2D eigenvalue weighted by Crippen LogP contribution is -2.18. The highest BCUT2D eigenvalue weighted by atomic mass is 15.2. The Morgan fingerprint density at radius 1 is 0.800 bits per heavy atom. The van der Waals surface area contributed by atoms with Crippen molar-refractivity contribution in [1.29, 1.82) is 5.26 Å². The zero-order chi connectivity index (χ0) is 20.5. The number of para-hydroxylation sites is 2. The lowest BCUT2D eigenvalue weighted by atomic mass is 9.94. The number of hydrogen-bond acceptors (Lipinski definition) is 2. The molecule has 0 fully saturated rings. The van der Waals surface area contributed by atoms with Gasteiger partial charge in [-0.15, -0.1) is 0 Å². The Bertz CT molecular complexity index is 1290. The van der Waals surface area contributed by atoms with E-state index in [1.165, 1.54) is 22.5 Å². The molecule has 0 saturated carbocycles. The average Bonchev–Trinajstić information content (AvgIpc) is 2.82. The van der Waals surface area contributed by atoms with E-state index in [1.807, 2.05) is 18.2 Å². The summed E-state index contributed by atoms with van der Waals surface area (Å²) in [5, 5.41) is 9.52. The fraction of sp³-hybridized carbons (Fsp3) is 0.0370. The van der Waals surface area contributed by atoms with E-state index in [9.17, 15) is 5.26 Å². The smallest absolute Gasteiger partial charge is 0.188 e. The van der Waals surface area contributed by atoms with Crippen LogP contribution in [0.2, 0.25) is 0 Å². The number of benzene rings is 4. The summed E-state index contributed by atoms with van der Waals surface area (Å²) in [6.45, 7) is 7.16. The van der Waals surface area contributed by atoms with Crippen LogP contribution in [-0.2, 0) is 6.42 Å². The van der Waals surface area contributed by atoms with Gasteiger partial charge in [-0.1, -0.05) is 60.7 Å². The molecule has 3 heteroatoms. The Morgan fingerprint density at radius 2 is 1.43 bits per heavy atom. The third-order valence-electron chi connectivity index (χ3n) is 5.54. The average molecular weight is 383 g/mol. The van der Waals surface area contributed by atoms with E-state index in [1.54, 1.807) is 12.1 Å². The Morgan fingerprint density at radius 3 is 2.03 bits per heavy atom. The van der Waals surface area contributed by atoms with Gasteiger partial charge < -0.3 is 4.90 Å². The molecule has 140 valence electrons. The first-order valence-electron chi connectivity index (χ1n) is 9.76. The van der Waals surface area contributed by atoms with Gasteiger partial charge >= 0.3 is 0 Å². The molecule has 0 aliphatic carbocycles. The number of nitrogens with zero attached hydrogens (tertiary/aromatic N) is 3. The monoisotopic (exact) mass is 383 g/mol. The molecule has 3 nitrogen and oxygen atoms in total. The molecule has 1 aliphatic heterocycles. The topological polar surface area (TPSA) is 31.4 Å². The number of anilines is 3. The highest BCUT2D eigenvalue weighted by molar-refractivity contribution is 5.84. The molecule has 1 heterocycles. The molecule has 4 aromatic carbocycles. The van der Waals surface area contributed by atoms with Gasteiger partial charge in [-0.05, 0) is 52.6 Å². The summed E-state index contributed by atoms with van der Waals surface area (Å²) in [7, 11) is 0. The molecule has 0 bridgehead atoms.